The molecule has 2 rings (SSSR count). The van der Waals surface area contributed by atoms with Crippen LogP contribution in [0.5, 0.6) is 0 Å². The van der Waals surface area contributed by atoms with Crippen molar-refractivity contribution in [3.05, 3.63) is 23.8 Å². The van der Waals surface area contributed by atoms with Crippen molar-refractivity contribution < 1.29 is 9.90 Å². The number of nitrogen functional groups attached to an aromatic ring is 1. The first-order valence-corrected chi connectivity index (χ1v) is 5.95. The van der Waals surface area contributed by atoms with E-state index in [1.807, 2.05) is 6.07 Å². The van der Waals surface area contributed by atoms with E-state index in [2.05, 4.69) is 12.2 Å². The van der Waals surface area contributed by atoms with Gasteiger partial charge in [0.25, 0.3) is 0 Å². The monoisotopic (exact) mass is 234 g/mol. The molecule has 0 aliphatic heterocycles. The third kappa shape index (κ3) is 2.70. The van der Waals surface area contributed by atoms with E-state index in [-0.39, 0.29) is 5.56 Å². The van der Waals surface area contributed by atoms with Gasteiger partial charge < -0.3 is 16.2 Å². The molecule has 0 spiro atoms. The SMILES string of the molecule is CC1CCC(Nc2ccc(N)c(C(=O)O)c2)C1. The van der Waals surface area contributed by atoms with Gasteiger partial charge in [0.1, 0.15) is 0 Å². The van der Waals surface area contributed by atoms with Gasteiger partial charge >= 0.3 is 5.97 Å². The Bertz CT molecular complexity index is 431. The molecule has 1 aromatic carbocycles. The molecule has 2 atom stereocenters. The first-order chi connectivity index (χ1) is 8.06. The molecule has 4 N–H and O–H groups in total. The van der Waals surface area contributed by atoms with Crippen LogP contribution >= 0.6 is 0 Å². The molecular weight excluding hydrogens is 216 g/mol. The number of carboxylic acid groups (broad SMARTS) is 1. The number of aromatic carboxylic acids is 1. The Balaban J connectivity index is 2.11. The highest BCUT2D eigenvalue weighted by Crippen LogP contribution is 2.28. The molecule has 2 unspecified atom stereocenters. The summed E-state index contributed by atoms with van der Waals surface area (Å²) in [6.07, 6.45) is 3.53. The molecule has 0 heterocycles. The van der Waals surface area contributed by atoms with Crippen LogP contribution in [-0.2, 0) is 0 Å². The maximum absolute atomic E-state index is 11.0. The Morgan fingerprint density at radius 2 is 2.24 bits per heavy atom. The summed E-state index contributed by atoms with van der Waals surface area (Å²) in [5.41, 5.74) is 6.93. The summed E-state index contributed by atoms with van der Waals surface area (Å²) in [7, 11) is 0. The maximum Gasteiger partial charge on any atom is 0.337 e. The van der Waals surface area contributed by atoms with Gasteiger partial charge in [-0.25, -0.2) is 4.79 Å². The van der Waals surface area contributed by atoms with Crippen molar-refractivity contribution in [2.45, 2.75) is 32.2 Å². The Labute approximate surface area is 101 Å². The van der Waals surface area contributed by atoms with E-state index < -0.39 is 5.97 Å². The van der Waals surface area contributed by atoms with Crippen LogP contribution in [0.25, 0.3) is 0 Å². The zero-order valence-electron chi connectivity index (χ0n) is 9.94. The Kier molecular flexibility index (Phi) is 3.22. The van der Waals surface area contributed by atoms with Crippen LogP contribution in [0.3, 0.4) is 0 Å². The van der Waals surface area contributed by atoms with E-state index in [4.69, 9.17) is 10.8 Å². The van der Waals surface area contributed by atoms with Crippen LogP contribution < -0.4 is 11.1 Å². The second kappa shape index (κ2) is 4.65. The molecule has 1 aliphatic rings. The summed E-state index contributed by atoms with van der Waals surface area (Å²) in [5.74, 6) is -0.230. The average Bonchev–Trinajstić information content (AvgIpc) is 2.66. The fourth-order valence-corrected chi connectivity index (χ4v) is 2.41. The lowest BCUT2D eigenvalue weighted by atomic mass is 10.1. The predicted molar refractivity (Wildman–Crippen MR) is 68.2 cm³/mol. The van der Waals surface area contributed by atoms with Crippen LogP contribution in [-0.4, -0.2) is 17.1 Å². The average molecular weight is 234 g/mol. The van der Waals surface area contributed by atoms with Crippen LogP contribution in [0.1, 0.15) is 36.5 Å². The highest BCUT2D eigenvalue weighted by atomic mass is 16.4. The standard InChI is InChI=1S/C13H18N2O2/c1-8-2-3-9(6-8)15-10-4-5-12(14)11(7-10)13(16)17/h4-5,7-9,15H,2-3,6,14H2,1H3,(H,16,17). The summed E-state index contributed by atoms with van der Waals surface area (Å²) in [4.78, 5) is 11.0. The topological polar surface area (TPSA) is 75.3 Å². The van der Waals surface area contributed by atoms with Crippen molar-refractivity contribution in [1.82, 2.24) is 0 Å². The molecule has 17 heavy (non-hydrogen) atoms. The largest absolute Gasteiger partial charge is 0.478 e. The van der Waals surface area contributed by atoms with Crippen molar-refractivity contribution in [3.8, 4) is 0 Å². The predicted octanol–water partition coefficient (Wildman–Crippen LogP) is 2.57. The molecule has 4 nitrogen and oxygen atoms in total. The van der Waals surface area contributed by atoms with E-state index in [9.17, 15) is 4.79 Å². The summed E-state index contributed by atoms with van der Waals surface area (Å²) in [6.45, 7) is 2.24. The lowest BCUT2D eigenvalue weighted by molar-refractivity contribution is 0.0698. The van der Waals surface area contributed by atoms with Gasteiger partial charge in [0.2, 0.25) is 0 Å². The molecule has 0 aromatic heterocycles. The molecule has 0 amide bonds. The molecule has 0 bridgehead atoms. The highest BCUT2D eigenvalue weighted by molar-refractivity contribution is 5.94. The molecular formula is C13H18N2O2. The summed E-state index contributed by atoms with van der Waals surface area (Å²) in [5, 5.41) is 12.4. The van der Waals surface area contributed by atoms with Crippen molar-refractivity contribution in [1.29, 1.82) is 0 Å². The Hall–Kier alpha value is -1.71. The summed E-state index contributed by atoms with van der Waals surface area (Å²) in [6, 6.07) is 5.55. The zero-order chi connectivity index (χ0) is 12.4. The number of hydrogen-bond donors (Lipinski definition) is 3. The van der Waals surface area contributed by atoms with E-state index in [0.717, 1.165) is 24.4 Å². The maximum atomic E-state index is 11.0. The molecule has 0 saturated heterocycles. The Morgan fingerprint density at radius 1 is 1.47 bits per heavy atom. The van der Waals surface area contributed by atoms with Crippen molar-refractivity contribution >= 4 is 17.3 Å². The molecule has 4 heteroatoms. The number of carboxylic acids is 1. The minimum absolute atomic E-state index is 0.168. The first kappa shape index (κ1) is 11.8. The minimum atomic E-state index is -0.981. The second-order valence-corrected chi connectivity index (χ2v) is 4.87. The van der Waals surface area contributed by atoms with Gasteiger partial charge in [0.15, 0.2) is 0 Å². The summed E-state index contributed by atoms with van der Waals surface area (Å²) >= 11 is 0. The van der Waals surface area contributed by atoms with Gasteiger partial charge in [-0.1, -0.05) is 6.92 Å². The van der Waals surface area contributed by atoms with Crippen molar-refractivity contribution in [3.63, 3.8) is 0 Å². The third-order valence-corrected chi connectivity index (χ3v) is 3.35. The molecule has 1 aliphatic carbocycles. The normalized spacial score (nSPS) is 23.6. The van der Waals surface area contributed by atoms with E-state index in [1.165, 1.54) is 6.42 Å². The first-order valence-electron chi connectivity index (χ1n) is 5.95. The number of nitrogens with one attached hydrogen (secondary N) is 1. The molecule has 92 valence electrons. The molecule has 0 radical (unpaired) electrons. The van der Waals surface area contributed by atoms with Crippen molar-refractivity contribution in [2.24, 2.45) is 5.92 Å². The fraction of sp³-hybridized carbons (Fsp3) is 0.462. The molecule has 1 saturated carbocycles. The highest BCUT2D eigenvalue weighted by Gasteiger charge is 2.21. The summed E-state index contributed by atoms with van der Waals surface area (Å²) < 4.78 is 0. The Morgan fingerprint density at radius 3 is 2.82 bits per heavy atom. The van der Waals surface area contributed by atoms with Crippen LogP contribution in [0.2, 0.25) is 0 Å². The third-order valence-electron chi connectivity index (χ3n) is 3.35. The fourth-order valence-electron chi connectivity index (χ4n) is 2.41. The smallest absolute Gasteiger partial charge is 0.337 e. The van der Waals surface area contributed by atoms with Crippen LogP contribution in [0.15, 0.2) is 18.2 Å². The number of carbonyl (C=O) groups is 1. The molecule has 1 fully saturated rings. The van der Waals surface area contributed by atoms with Gasteiger partial charge in [-0.3, -0.25) is 0 Å². The van der Waals surface area contributed by atoms with Crippen LogP contribution in [0, 0.1) is 5.92 Å². The quantitative estimate of drug-likeness (QED) is 0.702. The van der Waals surface area contributed by atoms with E-state index in [0.29, 0.717) is 11.7 Å². The van der Waals surface area contributed by atoms with E-state index >= 15 is 0 Å². The van der Waals surface area contributed by atoms with E-state index in [1.54, 1.807) is 12.1 Å². The van der Waals surface area contributed by atoms with Gasteiger partial charge in [-0.15, -0.1) is 0 Å². The molecule has 1 aromatic rings. The van der Waals surface area contributed by atoms with Gasteiger partial charge in [-0.2, -0.15) is 0 Å². The zero-order valence-corrected chi connectivity index (χ0v) is 9.94. The number of benzene rings is 1. The van der Waals surface area contributed by atoms with Crippen molar-refractivity contribution in [2.75, 3.05) is 11.1 Å². The number of rotatable bonds is 3. The minimum Gasteiger partial charge on any atom is -0.478 e. The number of hydrogen-bond acceptors (Lipinski definition) is 3. The number of anilines is 2. The van der Waals surface area contributed by atoms with Gasteiger partial charge in [0, 0.05) is 17.4 Å². The number of nitrogens with two attached hydrogens (primary N) is 1. The lowest BCUT2D eigenvalue weighted by Gasteiger charge is -2.15. The lowest BCUT2D eigenvalue weighted by Crippen LogP contribution is -2.16. The van der Waals surface area contributed by atoms with Crippen LogP contribution in [0.4, 0.5) is 11.4 Å². The van der Waals surface area contributed by atoms with Gasteiger partial charge in [-0.05, 0) is 43.4 Å². The van der Waals surface area contributed by atoms with Gasteiger partial charge in [0.05, 0.1) is 5.56 Å². The second-order valence-electron chi connectivity index (χ2n) is 4.87.